The van der Waals surface area contributed by atoms with Gasteiger partial charge >= 0.3 is 5.69 Å². The smallest absolute Gasteiger partial charge is 0.292 e. The Morgan fingerprint density at radius 2 is 2.08 bits per heavy atom. The Labute approximate surface area is 68.3 Å². The van der Waals surface area contributed by atoms with E-state index in [4.69, 9.17) is 0 Å². The minimum absolute atomic E-state index is 0.0782. The van der Waals surface area contributed by atoms with E-state index in [1.165, 1.54) is 15.5 Å². The van der Waals surface area contributed by atoms with Crippen LogP contribution in [-0.2, 0) is 14.1 Å². The highest BCUT2D eigenvalue weighted by molar-refractivity contribution is 5.69. The predicted molar refractivity (Wildman–Crippen MR) is 43.8 cm³/mol. The molecule has 0 fully saturated rings. The molecule has 0 amide bonds. The largest absolute Gasteiger partial charge is 0.329 e. The van der Waals surface area contributed by atoms with Gasteiger partial charge in [0.1, 0.15) is 11.8 Å². The fourth-order valence-electron chi connectivity index (χ4n) is 1.23. The first-order valence-corrected chi connectivity index (χ1v) is 3.53. The van der Waals surface area contributed by atoms with Gasteiger partial charge in [0.15, 0.2) is 5.65 Å². The Bertz CT molecular complexity index is 440. The second-order valence-corrected chi connectivity index (χ2v) is 2.63. The first-order chi connectivity index (χ1) is 5.72. The molecule has 2 aromatic heterocycles. The van der Waals surface area contributed by atoms with Crippen molar-refractivity contribution in [2.75, 3.05) is 0 Å². The fraction of sp³-hybridized carbons (Fsp3) is 0.286. The van der Waals surface area contributed by atoms with Gasteiger partial charge in [-0.3, -0.25) is 9.13 Å². The van der Waals surface area contributed by atoms with Crippen molar-refractivity contribution < 1.29 is 0 Å². The van der Waals surface area contributed by atoms with Crippen molar-refractivity contribution in [1.29, 1.82) is 0 Å². The van der Waals surface area contributed by atoms with Crippen LogP contribution in [0.2, 0.25) is 0 Å². The number of rotatable bonds is 0. The molecule has 2 rings (SSSR count). The van der Waals surface area contributed by atoms with Crippen LogP contribution in [0.1, 0.15) is 0 Å². The normalized spacial score (nSPS) is 10.8. The first-order valence-electron chi connectivity index (χ1n) is 3.53. The van der Waals surface area contributed by atoms with E-state index in [1.807, 2.05) is 0 Å². The highest BCUT2D eigenvalue weighted by Gasteiger charge is 2.06. The zero-order valence-corrected chi connectivity index (χ0v) is 6.85. The molecule has 5 heteroatoms. The van der Waals surface area contributed by atoms with Crippen molar-refractivity contribution in [2.24, 2.45) is 14.1 Å². The number of hydrogen-bond donors (Lipinski definition) is 0. The highest BCUT2D eigenvalue weighted by Crippen LogP contribution is 2.03. The van der Waals surface area contributed by atoms with Crippen molar-refractivity contribution in [2.45, 2.75) is 0 Å². The number of hydrogen-bond acceptors (Lipinski definition) is 3. The maximum atomic E-state index is 11.3. The van der Waals surface area contributed by atoms with Gasteiger partial charge < -0.3 is 0 Å². The third-order valence-corrected chi connectivity index (χ3v) is 1.93. The van der Waals surface area contributed by atoms with Crippen LogP contribution in [0.3, 0.4) is 0 Å². The topological polar surface area (TPSA) is 52.7 Å². The second-order valence-electron chi connectivity index (χ2n) is 2.63. The second kappa shape index (κ2) is 2.17. The lowest BCUT2D eigenvalue weighted by atomic mass is 10.5. The number of aromatic nitrogens is 4. The summed E-state index contributed by atoms with van der Waals surface area (Å²) in [4.78, 5) is 19.2. The predicted octanol–water partition coefficient (Wildman–Crippen LogP) is -0.333. The average molecular weight is 164 g/mol. The van der Waals surface area contributed by atoms with Crippen LogP contribution in [-0.4, -0.2) is 19.1 Å². The molecule has 2 aromatic rings. The van der Waals surface area contributed by atoms with Crippen LogP contribution in [0.4, 0.5) is 0 Å². The van der Waals surface area contributed by atoms with Crippen molar-refractivity contribution in [3.05, 3.63) is 23.0 Å². The molecule has 0 unspecified atom stereocenters. The summed E-state index contributed by atoms with van der Waals surface area (Å²) in [6.45, 7) is 0. The third kappa shape index (κ3) is 0.702. The SMILES string of the molecule is Cn1c(=O)n(C)c2ncncc21. The monoisotopic (exact) mass is 164 g/mol. The standard InChI is InChI=1S/C7H8N4O/c1-10-5-3-8-4-9-6(5)11(2)7(10)12/h3-4H,1-2H3. The summed E-state index contributed by atoms with van der Waals surface area (Å²) in [5.41, 5.74) is 1.34. The summed E-state index contributed by atoms with van der Waals surface area (Å²) < 4.78 is 3.02. The van der Waals surface area contributed by atoms with E-state index in [0.717, 1.165) is 5.52 Å². The van der Waals surface area contributed by atoms with E-state index in [2.05, 4.69) is 9.97 Å². The molecule has 0 spiro atoms. The lowest BCUT2D eigenvalue weighted by Crippen LogP contribution is -2.19. The number of imidazole rings is 1. The molecule has 5 nitrogen and oxygen atoms in total. The molecule has 0 atom stereocenters. The lowest BCUT2D eigenvalue weighted by Gasteiger charge is -1.89. The molecular weight excluding hydrogens is 156 g/mol. The Hall–Kier alpha value is -1.65. The zero-order chi connectivity index (χ0) is 8.72. The van der Waals surface area contributed by atoms with Crippen molar-refractivity contribution in [3.63, 3.8) is 0 Å². The van der Waals surface area contributed by atoms with E-state index in [9.17, 15) is 4.79 Å². The summed E-state index contributed by atoms with van der Waals surface area (Å²) in [6, 6.07) is 0. The summed E-state index contributed by atoms with van der Waals surface area (Å²) >= 11 is 0. The van der Waals surface area contributed by atoms with Crippen LogP contribution in [0.25, 0.3) is 11.2 Å². The molecule has 2 heterocycles. The quantitative estimate of drug-likeness (QED) is 0.535. The molecule has 0 aliphatic heterocycles. The van der Waals surface area contributed by atoms with Crippen molar-refractivity contribution >= 4 is 11.2 Å². The Morgan fingerprint density at radius 1 is 1.33 bits per heavy atom. The van der Waals surface area contributed by atoms with Gasteiger partial charge in [0.05, 0.1) is 6.20 Å². The summed E-state index contributed by atoms with van der Waals surface area (Å²) in [6.07, 6.45) is 3.06. The molecule has 0 N–H and O–H groups in total. The van der Waals surface area contributed by atoms with E-state index in [-0.39, 0.29) is 5.69 Å². The van der Waals surface area contributed by atoms with E-state index in [1.54, 1.807) is 20.3 Å². The molecule has 0 aliphatic rings. The Balaban J connectivity index is 3.09. The van der Waals surface area contributed by atoms with Gasteiger partial charge in [-0.05, 0) is 0 Å². The molecule has 0 saturated heterocycles. The minimum Gasteiger partial charge on any atom is -0.292 e. The molecule has 62 valence electrons. The van der Waals surface area contributed by atoms with Crippen LogP contribution < -0.4 is 5.69 Å². The first kappa shape index (κ1) is 7.02. The fourth-order valence-corrected chi connectivity index (χ4v) is 1.23. The summed E-state index contributed by atoms with van der Waals surface area (Å²) in [7, 11) is 3.39. The Kier molecular flexibility index (Phi) is 1.27. The Morgan fingerprint density at radius 3 is 2.75 bits per heavy atom. The highest BCUT2D eigenvalue weighted by atomic mass is 16.1. The average Bonchev–Trinajstić information content (AvgIpc) is 2.33. The molecule has 0 bridgehead atoms. The molecular formula is C7H8N4O. The van der Waals surface area contributed by atoms with E-state index >= 15 is 0 Å². The number of aryl methyl sites for hydroxylation is 2. The molecule has 0 radical (unpaired) electrons. The summed E-state index contributed by atoms with van der Waals surface area (Å²) in [5.74, 6) is 0. The van der Waals surface area contributed by atoms with Crippen LogP contribution in [0.15, 0.2) is 17.3 Å². The van der Waals surface area contributed by atoms with Crippen molar-refractivity contribution in [1.82, 2.24) is 19.1 Å². The van der Waals surface area contributed by atoms with Crippen LogP contribution >= 0.6 is 0 Å². The van der Waals surface area contributed by atoms with Gasteiger partial charge in [-0.1, -0.05) is 0 Å². The van der Waals surface area contributed by atoms with Gasteiger partial charge in [-0.2, -0.15) is 0 Å². The van der Waals surface area contributed by atoms with Crippen molar-refractivity contribution in [3.8, 4) is 0 Å². The van der Waals surface area contributed by atoms with Crippen LogP contribution in [0, 0.1) is 0 Å². The van der Waals surface area contributed by atoms with Crippen LogP contribution in [0.5, 0.6) is 0 Å². The molecule has 0 aliphatic carbocycles. The van der Waals surface area contributed by atoms with Gasteiger partial charge in [0.2, 0.25) is 0 Å². The number of nitrogens with zero attached hydrogens (tertiary/aromatic N) is 4. The third-order valence-electron chi connectivity index (χ3n) is 1.93. The maximum Gasteiger partial charge on any atom is 0.329 e. The number of fused-ring (bicyclic) bond motifs is 1. The zero-order valence-electron chi connectivity index (χ0n) is 6.85. The van der Waals surface area contributed by atoms with E-state index in [0.29, 0.717) is 5.65 Å². The minimum atomic E-state index is -0.0782. The van der Waals surface area contributed by atoms with Gasteiger partial charge in [-0.15, -0.1) is 0 Å². The molecule has 0 aromatic carbocycles. The van der Waals surface area contributed by atoms with E-state index < -0.39 is 0 Å². The van der Waals surface area contributed by atoms with Gasteiger partial charge in [0, 0.05) is 14.1 Å². The molecule has 0 saturated carbocycles. The lowest BCUT2D eigenvalue weighted by molar-refractivity contribution is 0.791. The van der Waals surface area contributed by atoms with Gasteiger partial charge in [-0.25, -0.2) is 14.8 Å². The maximum absolute atomic E-state index is 11.3. The van der Waals surface area contributed by atoms with Gasteiger partial charge in [0.25, 0.3) is 0 Å². The molecule has 12 heavy (non-hydrogen) atoms. The summed E-state index contributed by atoms with van der Waals surface area (Å²) in [5, 5.41) is 0.